The fraction of sp³-hybridized carbons (Fsp3) is 0.400. The highest BCUT2D eigenvalue weighted by Gasteiger charge is 2.22. The van der Waals surface area contributed by atoms with Crippen LogP contribution >= 0.6 is 0 Å². The summed E-state index contributed by atoms with van der Waals surface area (Å²) in [5.74, 6) is -0.869. The first kappa shape index (κ1) is 11.8. The summed E-state index contributed by atoms with van der Waals surface area (Å²) in [6, 6.07) is 3.14. The van der Waals surface area contributed by atoms with Gasteiger partial charge >= 0.3 is 5.97 Å². The lowest BCUT2D eigenvalue weighted by atomic mass is 10.3. The first-order valence-corrected chi connectivity index (χ1v) is 6.95. The molecule has 0 spiro atoms. The van der Waals surface area contributed by atoms with Gasteiger partial charge < -0.3 is 10.0 Å². The minimum atomic E-state index is -2.92. The van der Waals surface area contributed by atoms with E-state index in [4.69, 9.17) is 5.11 Å². The largest absolute Gasteiger partial charge is 0.477 e. The molecule has 0 aromatic carbocycles. The van der Waals surface area contributed by atoms with Crippen LogP contribution in [0.2, 0.25) is 0 Å². The third-order valence-corrected chi connectivity index (χ3v) is 4.28. The smallest absolute Gasteiger partial charge is 0.354 e. The van der Waals surface area contributed by atoms with Crippen molar-refractivity contribution >= 4 is 21.5 Å². The molecule has 0 aliphatic carbocycles. The van der Waals surface area contributed by atoms with Crippen molar-refractivity contribution in [2.24, 2.45) is 0 Å². The predicted octanol–water partition coefficient (Wildman–Crippen LogP) is 0.0146. The molecule has 7 heteroatoms. The van der Waals surface area contributed by atoms with E-state index in [2.05, 4.69) is 4.98 Å². The highest BCUT2D eigenvalue weighted by molar-refractivity contribution is 7.91. The van der Waals surface area contributed by atoms with E-state index in [0.29, 0.717) is 18.8 Å². The Morgan fingerprint density at radius 3 is 2.59 bits per heavy atom. The summed E-state index contributed by atoms with van der Waals surface area (Å²) in [5, 5.41) is 8.81. The second-order valence-electron chi connectivity index (χ2n) is 3.84. The van der Waals surface area contributed by atoms with E-state index in [1.165, 1.54) is 12.3 Å². The molecule has 1 saturated heterocycles. The number of sulfone groups is 1. The van der Waals surface area contributed by atoms with Crippen LogP contribution in [0.4, 0.5) is 5.69 Å². The molecule has 1 fully saturated rings. The monoisotopic (exact) mass is 256 g/mol. The summed E-state index contributed by atoms with van der Waals surface area (Å²) >= 11 is 0. The predicted molar refractivity (Wildman–Crippen MR) is 62.1 cm³/mol. The van der Waals surface area contributed by atoms with Crippen LogP contribution in [0.5, 0.6) is 0 Å². The van der Waals surface area contributed by atoms with Crippen LogP contribution < -0.4 is 4.90 Å². The van der Waals surface area contributed by atoms with Gasteiger partial charge in [-0.2, -0.15) is 0 Å². The number of rotatable bonds is 2. The average molecular weight is 256 g/mol. The topological polar surface area (TPSA) is 87.6 Å². The van der Waals surface area contributed by atoms with Gasteiger partial charge in [-0.3, -0.25) is 0 Å². The molecule has 1 N–H and O–H groups in total. The van der Waals surface area contributed by atoms with Gasteiger partial charge in [0.15, 0.2) is 9.84 Å². The molecule has 0 amide bonds. The van der Waals surface area contributed by atoms with Crippen molar-refractivity contribution in [3.05, 3.63) is 24.0 Å². The Morgan fingerprint density at radius 1 is 1.35 bits per heavy atom. The summed E-state index contributed by atoms with van der Waals surface area (Å²) in [5.41, 5.74) is 0.670. The van der Waals surface area contributed by atoms with Crippen LogP contribution in [0.25, 0.3) is 0 Å². The Balaban J connectivity index is 2.18. The number of anilines is 1. The van der Waals surface area contributed by atoms with Crippen LogP contribution in [0.1, 0.15) is 10.5 Å². The molecule has 2 heterocycles. The zero-order valence-corrected chi connectivity index (χ0v) is 9.85. The highest BCUT2D eigenvalue weighted by atomic mass is 32.2. The Bertz CT molecular complexity index is 527. The SMILES string of the molecule is O=C(O)c1cc(N2CCS(=O)(=O)CC2)ccn1. The maximum atomic E-state index is 11.3. The molecule has 92 valence electrons. The zero-order valence-electron chi connectivity index (χ0n) is 9.04. The quantitative estimate of drug-likeness (QED) is 0.802. The Morgan fingerprint density at radius 2 is 2.00 bits per heavy atom. The lowest BCUT2D eigenvalue weighted by Gasteiger charge is -2.28. The van der Waals surface area contributed by atoms with Crippen molar-refractivity contribution in [1.82, 2.24) is 4.98 Å². The minimum Gasteiger partial charge on any atom is -0.477 e. The lowest BCUT2D eigenvalue weighted by Crippen LogP contribution is -2.40. The van der Waals surface area contributed by atoms with Crippen molar-refractivity contribution in [3.8, 4) is 0 Å². The summed E-state index contributed by atoms with van der Waals surface area (Å²) in [4.78, 5) is 16.3. The molecule has 6 nitrogen and oxygen atoms in total. The molecular formula is C10H12N2O4S. The van der Waals surface area contributed by atoms with Crippen molar-refractivity contribution in [1.29, 1.82) is 0 Å². The average Bonchev–Trinajstić information content (AvgIpc) is 2.29. The first-order chi connectivity index (χ1) is 7.98. The van der Waals surface area contributed by atoms with Crippen LogP contribution in [0.3, 0.4) is 0 Å². The minimum absolute atomic E-state index is 0.0315. The van der Waals surface area contributed by atoms with Gasteiger partial charge in [0.25, 0.3) is 0 Å². The van der Waals surface area contributed by atoms with Gasteiger partial charge in [-0.15, -0.1) is 0 Å². The van der Waals surface area contributed by atoms with Crippen LogP contribution in [-0.2, 0) is 9.84 Å². The van der Waals surface area contributed by atoms with Gasteiger partial charge in [-0.05, 0) is 12.1 Å². The molecule has 0 radical (unpaired) electrons. The van der Waals surface area contributed by atoms with Gasteiger partial charge in [0.2, 0.25) is 0 Å². The van der Waals surface area contributed by atoms with Crippen LogP contribution in [-0.4, -0.2) is 49.1 Å². The van der Waals surface area contributed by atoms with Gasteiger partial charge in [-0.25, -0.2) is 18.2 Å². The molecule has 1 aromatic heterocycles. The number of hydrogen-bond donors (Lipinski definition) is 1. The van der Waals surface area contributed by atoms with Crippen LogP contribution in [0.15, 0.2) is 18.3 Å². The molecular weight excluding hydrogens is 244 g/mol. The van der Waals surface area contributed by atoms with Gasteiger partial charge in [0.1, 0.15) is 5.69 Å². The number of pyridine rings is 1. The van der Waals surface area contributed by atoms with Crippen molar-refractivity contribution in [2.75, 3.05) is 29.5 Å². The van der Waals surface area contributed by atoms with Gasteiger partial charge in [0.05, 0.1) is 11.5 Å². The highest BCUT2D eigenvalue weighted by Crippen LogP contribution is 2.17. The van der Waals surface area contributed by atoms with E-state index in [0.717, 1.165) is 0 Å². The number of carboxylic acid groups (broad SMARTS) is 1. The third kappa shape index (κ3) is 2.73. The molecule has 0 atom stereocenters. The molecule has 1 aliphatic heterocycles. The fourth-order valence-electron chi connectivity index (χ4n) is 1.70. The summed E-state index contributed by atoms with van der Waals surface area (Å²) in [6.07, 6.45) is 1.42. The molecule has 1 aromatic rings. The van der Waals surface area contributed by atoms with Crippen molar-refractivity contribution in [3.63, 3.8) is 0 Å². The van der Waals surface area contributed by atoms with Crippen molar-refractivity contribution in [2.45, 2.75) is 0 Å². The fourth-order valence-corrected chi connectivity index (χ4v) is 2.90. The maximum Gasteiger partial charge on any atom is 0.354 e. The maximum absolute atomic E-state index is 11.3. The number of nitrogens with zero attached hydrogens (tertiary/aromatic N) is 2. The van der Waals surface area contributed by atoms with Gasteiger partial charge in [0, 0.05) is 25.0 Å². The standard InChI is InChI=1S/C10H12N2O4S/c13-10(14)9-7-8(1-2-11-9)12-3-5-17(15,16)6-4-12/h1-2,7H,3-6H2,(H,13,14). The van der Waals surface area contributed by atoms with E-state index in [9.17, 15) is 13.2 Å². The normalized spacial score (nSPS) is 18.9. The van der Waals surface area contributed by atoms with E-state index in [1.54, 1.807) is 6.07 Å². The number of carboxylic acids is 1. The summed E-state index contributed by atoms with van der Waals surface area (Å²) in [6.45, 7) is 0.789. The Labute approximate surface area is 98.8 Å². The van der Waals surface area contributed by atoms with Gasteiger partial charge in [-0.1, -0.05) is 0 Å². The molecule has 1 aliphatic rings. The number of carbonyl (C=O) groups is 1. The van der Waals surface area contributed by atoms with E-state index in [-0.39, 0.29) is 17.2 Å². The number of aromatic carboxylic acids is 1. The molecule has 0 unspecified atom stereocenters. The third-order valence-electron chi connectivity index (χ3n) is 2.67. The summed E-state index contributed by atoms with van der Waals surface area (Å²) in [7, 11) is -2.92. The second-order valence-corrected chi connectivity index (χ2v) is 6.15. The van der Waals surface area contributed by atoms with E-state index >= 15 is 0 Å². The number of hydrogen-bond acceptors (Lipinski definition) is 5. The zero-order chi connectivity index (χ0) is 12.5. The molecule has 17 heavy (non-hydrogen) atoms. The van der Waals surface area contributed by atoms with E-state index < -0.39 is 15.8 Å². The molecule has 0 bridgehead atoms. The van der Waals surface area contributed by atoms with E-state index in [1.807, 2.05) is 4.90 Å². The summed E-state index contributed by atoms with van der Waals surface area (Å²) < 4.78 is 22.5. The second kappa shape index (κ2) is 4.33. The Hall–Kier alpha value is -1.63. The molecule has 2 rings (SSSR count). The lowest BCUT2D eigenvalue weighted by molar-refractivity contribution is 0.0690. The van der Waals surface area contributed by atoms with Crippen LogP contribution in [0, 0.1) is 0 Å². The Kier molecular flexibility index (Phi) is 3.01. The molecule has 0 saturated carbocycles. The number of aromatic nitrogens is 1. The van der Waals surface area contributed by atoms with Crippen molar-refractivity contribution < 1.29 is 18.3 Å². The first-order valence-electron chi connectivity index (χ1n) is 5.13.